The summed E-state index contributed by atoms with van der Waals surface area (Å²) in [5.41, 5.74) is 2.64. The van der Waals surface area contributed by atoms with Crippen LogP contribution in [0, 0.1) is 0 Å². The maximum absolute atomic E-state index is 13.7. The maximum Gasteiger partial charge on any atom is 0.242 e. The van der Waals surface area contributed by atoms with Gasteiger partial charge in [-0.1, -0.05) is 48.5 Å². The van der Waals surface area contributed by atoms with E-state index in [9.17, 15) is 9.59 Å². The summed E-state index contributed by atoms with van der Waals surface area (Å²) >= 11 is 0. The van der Waals surface area contributed by atoms with Crippen LogP contribution in [0.4, 0.5) is 0 Å². The molecule has 1 atom stereocenters. The van der Waals surface area contributed by atoms with Gasteiger partial charge in [0.2, 0.25) is 11.8 Å². The monoisotopic (exact) mass is 476 g/mol. The average molecular weight is 477 g/mol. The summed E-state index contributed by atoms with van der Waals surface area (Å²) in [5.74, 6) is 1.47. The minimum Gasteiger partial charge on any atom is -0.497 e. The van der Waals surface area contributed by atoms with Crippen molar-refractivity contribution in [2.24, 2.45) is 0 Å². The molecule has 3 aromatic carbocycles. The quantitative estimate of drug-likeness (QED) is 0.457. The van der Waals surface area contributed by atoms with Crippen LogP contribution >= 0.6 is 0 Å². The van der Waals surface area contributed by atoms with Gasteiger partial charge < -0.3 is 24.4 Å². The highest BCUT2D eigenvalue weighted by atomic mass is 16.5. The van der Waals surface area contributed by atoms with Crippen LogP contribution in [-0.2, 0) is 29.0 Å². The van der Waals surface area contributed by atoms with Crippen molar-refractivity contribution in [3.8, 4) is 17.2 Å². The molecule has 0 bridgehead atoms. The number of benzene rings is 3. The summed E-state index contributed by atoms with van der Waals surface area (Å²) < 4.78 is 16.0. The first-order valence-electron chi connectivity index (χ1n) is 11.4. The van der Waals surface area contributed by atoms with Crippen LogP contribution in [0.3, 0.4) is 0 Å². The highest BCUT2D eigenvalue weighted by Crippen LogP contribution is 2.28. The Morgan fingerprint density at radius 1 is 0.800 bits per heavy atom. The number of methoxy groups -OCH3 is 3. The number of carbonyl (C=O) groups excluding carboxylic acids is 2. The van der Waals surface area contributed by atoms with Crippen LogP contribution in [0.15, 0.2) is 72.8 Å². The molecule has 0 radical (unpaired) electrons. The summed E-state index contributed by atoms with van der Waals surface area (Å²) in [6.45, 7) is 0.279. The first-order valence-corrected chi connectivity index (χ1v) is 11.4. The topological polar surface area (TPSA) is 77.1 Å². The van der Waals surface area contributed by atoms with Crippen LogP contribution in [0.5, 0.6) is 17.2 Å². The molecule has 0 spiro atoms. The number of nitrogens with one attached hydrogen (secondary N) is 1. The SMILES string of the molecule is CNC(=O)[C@@H](Cc1ccccc1)N(Cc1ccc(OC)cc1)C(=O)Cc1ccc(OC)c(OC)c1. The van der Waals surface area contributed by atoms with Crippen molar-refractivity contribution in [2.45, 2.75) is 25.4 Å². The normalized spacial score (nSPS) is 11.3. The Bertz CT molecular complexity index is 1120. The van der Waals surface area contributed by atoms with Gasteiger partial charge in [0.1, 0.15) is 11.8 Å². The Kier molecular flexibility index (Phi) is 9.12. The molecule has 0 fully saturated rings. The lowest BCUT2D eigenvalue weighted by molar-refractivity contribution is -0.140. The number of hydrogen-bond acceptors (Lipinski definition) is 5. The summed E-state index contributed by atoms with van der Waals surface area (Å²) in [6, 6.07) is 21.9. The summed E-state index contributed by atoms with van der Waals surface area (Å²) in [6.07, 6.45) is 0.507. The first-order chi connectivity index (χ1) is 17.0. The molecule has 0 saturated carbocycles. The summed E-state index contributed by atoms with van der Waals surface area (Å²) in [5, 5.41) is 2.73. The number of hydrogen-bond donors (Lipinski definition) is 1. The lowest BCUT2D eigenvalue weighted by Gasteiger charge is -2.31. The Morgan fingerprint density at radius 2 is 1.46 bits per heavy atom. The van der Waals surface area contributed by atoms with Gasteiger partial charge in [-0.3, -0.25) is 9.59 Å². The highest BCUT2D eigenvalue weighted by molar-refractivity contribution is 5.88. The van der Waals surface area contributed by atoms with Crippen LogP contribution in [0.25, 0.3) is 0 Å². The van der Waals surface area contributed by atoms with Crippen molar-refractivity contribution in [1.29, 1.82) is 0 Å². The number of rotatable bonds is 11. The Hall–Kier alpha value is -4.00. The highest BCUT2D eigenvalue weighted by Gasteiger charge is 2.30. The van der Waals surface area contributed by atoms with E-state index in [0.717, 1.165) is 22.4 Å². The van der Waals surface area contributed by atoms with Crippen molar-refractivity contribution < 1.29 is 23.8 Å². The van der Waals surface area contributed by atoms with E-state index in [2.05, 4.69) is 5.32 Å². The zero-order chi connectivity index (χ0) is 25.2. The molecule has 0 aliphatic carbocycles. The largest absolute Gasteiger partial charge is 0.497 e. The number of carbonyl (C=O) groups is 2. The number of nitrogens with zero attached hydrogens (tertiary/aromatic N) is 1. The third kappa shape index (κ3) is 6.76. The van der Waals surface area contributed by atoms with Crippen molar-refractivity contribution in [2.75, 3.05) is 28.4 Å². The second-order valence-electron chi connectivity index (χ2n) is 8.06. The molecule has 0 aliphatic heterocycles. The molecule has 184 valence electrons. The van der Waals surface area contributed by atoms with Crippen LogP contribution in [0.2, 0.25) is 0 Å². The number of likely N-dealkylation sites (N-methyl/N-ethyl adjacent to an activating group) is 1. The van der Waals surface area contributed by atoms with E-state index in [0.29, 0.717) is 17.9 Å². The van der Waals surface area contributed by atoms with Gasteiger partial charge >= 0.3 is 0 Å². The minimum atomic E-state index is -0.683. The molecule has 3 aromatic rings. The van der Waals surface area contributed by atoms with Crippen molar-refractivity contribution in [3.63, 3.8) is 0 Å². The Morgan fingerprint density at radius 3 is 2.06 bits per heavy atom. The number of amides is 2. The fourth-order valence-electron chi connectivity index (χ4n) is 3.91. The van der Waals surface area contributed by atoms with Gasteiger partial charge in [-0.25, -0.2) is 0 Å². The summed E-state index contributed by atoms with van der Waals surface area (Å²) in [7, 11) is 6.32. The standard InChI is InChI=1S/C28H32N2O5/c1-29-28(32)24(16-20-8-6-5-7-9-20)30(19-21-10-13-23(33-2)14-11-21)27(31)18-22-12-15-25(34-3)26(17-22)35-4/h5-15,17,24H,16,18-19H2,1-4H3,(H,29,32)/t24-/m1/s1. The molecule has 1 N–H and O–H groups in total. The molecule has 7 heteroatoms. The molecule has 0 aliphatic rings. The van der Waals surface area contributed by atoms with E-state index in [1.54, 1.807) is 45.4 Å². The maximum atomic E-state index is 13.7. The van der Waals surface area contributed by atoms with Gasteiger partial charge in [-0.05, 0) is 41.0 Å². The molecular formula is C28H32N2O5. The lowest BCUT2D eigenvalue weighted by atomic mass is 10.0. The van der Waals surface area contributed by atoms with Gasteiger partial charge in [-0.2, -0.15) is 0 Å². The predicted molar refractivity (Wildman–Crippen MR) is 135 cm³/mol. The third-order valence-electron chi connectivity index (χ3n) is 5.83. The zero-order valence-corrected chi connectivity index (χ0v) is 20.6. The lowest BCUT2D eigenvalue weighted by Crippen LogP contribution is -2.50. The van der Waals surface area contributed by atoms with Gasteiger partial charge in [0.05, 0.1) is 27.8 Å². The van der Waals surface area contributed by atoms with Crippen LogP contribution in [0.1, 0.15) is 16.7 Å². The zero-order valence-electron chi connectivity index (χ0n) is 20.6. The van der Waals surface area contributed by atoms with Gasteiger partial charge in [0.15, 0.2) is 11.5 Å². The number of ether oxygens (including phenoxy) is 3. The van der Waals surface area contributed by atoms with Crippen molar-refractivity contribution >= 4 is 11.8 Å². The molecule has 0 heterocycles. The van der Waals surface area contributed by atoms with E-state index in [-0.39, 0.29) is 24.8 Å². The predicted octanol–water partition coefficient (Wildman–Crippen LogP) is 3.64. The summed E-state index contributed by atoms with van der Waals surface area (Å²) in [4.78, 5) is 28.4. The van der Waals surface area contributed by atoms with Crippen molar-refractivity contribution in [3.05, 3.63) is 89.5 Å². The molecular weight excluding hydrogens is 444 g/mol. The van der Waals surface area contributed by atoms with Crippen molar-refractivity contribution in [1.82, 2.24) is 10.2 Å². The molecule has 3 rings (SSSR count). The second-order valence-corrected chi connectivity index (χ2v) is 8.06. The molecule has 35 heavy (non-hydrogen) atoms. The average Bonchev–Trinajstić information content (AvgIpc) is 2.90. The van der Waals surface area contributed by atoms with E-state index < -0.39 is 6.04 Å². The second kappa shape index (κ2) is 12.5. The smallest absolute Gasteiger partial charge is 0.242 e. The van der Waals surface area contributed by atoms with E-state index >= 15 is 0 Å². The Labute approximate surface area is 206 Å². The molecule has 7 nitrogen and oxygen atoms in total. The minimum absolute atomic E-state index is 0.110. The molecule has 2 amide bonds. The molecule has 0 unspecified atom stereocenters. The molecule has 0 saturated heterocycles. The van der Waals surface area contributed by atoms with Crippen LogP contribution in [-0.4, -0.2) is 51.1 Å². The fraction of sp³-hybridized carbons (Fsp3) is 0.286. The van der Waals surface area contributed by atoms with E-state index in [4.69, 9.17) is 14.2 Å². The third-order valence-corrected chi connectivity index (χ3v) is 5.83. The van der Waals surface area contributed by atoms with E-state index in [1.165, 1.54) is 0 Å². The van der Waals surface area contributed by atoms with Crippen LogP contribution < -0.4 is 19.5 Å². The molecule has 0 aromatic heterocycles. The van der Waals surface area contributed by atoms with Gasteiger partial charge in [0.25, 0.3) is 0 Å². The fourth-order valence-corrected chi connectivity index (χ4v) is 3.91. The van der Waals surface area contributed by atoms with E-state index in [1.807, 2.05) is 60.7 Å². The van der Waals surface area contributed by atoms with Gasteiger partial charge in [0, 0.05) is 20.0 Å². The van der Waals surface area contributed by atoms with Gasteiger partial charge in [-0.15, -0.1) is 0 Å². The first kappa shape index (κ1) is 25.6. The Balaban J connectivity index is 1.94.